The van der Waals surface area contributed by atoms with E-state index in [0.717, 1.165) is 55.2 Å². The first-order valence-corrected chi connectivity index (χ1v) is 8.81. The van der Waals surface area contributed by atoms with Crippen LogP contribution in [0.3, 0.4) is 0 Å². The van der Waals surface area contributed by atoms with E-state index in [0.29, 0.717) is 12.1 Å². The number of likely N-dealkylation sites (tertiary alicyclic amines) is 2. The highest BCUT2D eigenvalue weighted by atomic mass is 35.5. The van der Waals surface area contributed by atoms with E-state index in [-0.39, 0.29) is 5.91 Å². The smallest absolute Gasteiger partial charge is 0.219 e. The quantitative estimate of drug-likeness (QED) is 0.845. The summed E-state index contributed by atoms with van der Waals surface area (Å²) < 4.78 is 5.48. The summed E-state index contributed by atoms with van der Waals surface area (Å²) in [5.41, 5.74) is 1.12. The number of nitrogens with zero attached hydrogens (tertiary/aromatic N) is 2. The summed E-state index contributed by atoms with van der Waals surface area (Å²) >= 11 is 6.16. The fraction of sp³-hybridized carbons (Fsp3) is 0.611. The average molecular weight is 337 g/mol. The molecule has 0 radical (unpaired) electrons. The lowest BCUT2D eigenvalue weighted by Crippen LogP contribution is -2.47. The van der Waals surface area contributed by atoms with E-state index in [1.54, 1.807) is 14.0 Å². The zero-order chi connectivity index (χ0) is 16.4. The van der Waals surface area contributed by atoms with Crippen LogP contribution in [-0.4, -0.2) is 48.0 Å². The van der Waals surface area contributed by atoms with Gasteiger partial charge < -0.3 is 9.64 Å². The molecule has 2 aliphatic heterocycles. The molecule has 0 spiro atoms. The van der Waals surface area contributed by atoms with E-state index >= 15 is 0 Å². The number of carbonyl (C=O) groups is 1. The first kappa shape index (κ1) is 16.6. The van der Waals surface area contributed by atoms with Crippen molar-refractivity contribution >= 4 is 17.5 Å². The molecule has 0 aromatic heterocycles. The molecule has 0 unspecified atom stereocenters. The minimum absolute atomic E-state index is 0.208. The molecule has 2 heterocycles. The minimum Gasteiger partial charge on any atom is -0.496 e. The van der Waals surface area contributed by atoms with Gasteiger partial charge in [0.1, 0.15) is 5.75 Å². The molecular formula is C18H25ClN2O2. The maximum atomic E-state index is 11.9. The Bertz CT molecular complexity index is 578. The fourth-order valence-electron chi connectivity index (χ4n) is 4.16. The van der Waals surface area contributed by atoms with Crippen molar-refractivity contribution in [2.24, 2.45) is 0 Å². The van der Waals surface area contributed by atoms with Crippen LogP contribution in [-0.2, 0) is 11.3 Å². The van der Waals surface area contributed by atoms with Crippen molar-refractivity contribution in [1.82, 2.24) is 9.80 Å². The highest BCUT2D eigenvalue weighted by molar-refractivity contribution is 6.30. The number of methoxy groups -OCH3 is 1. The summed E-state index contributed by atoms with van der Waals surface area (Å²) in [4.78, 5) is 16.5. The second-order valence-corrected chi connectivity index (χ2v) is 6.99. The Morgan fingerprint density at radius 3 is 2.74 bits per heavy atom. The number of carbonyl (C=O) groups excluding carboxylic acids is 1. The standard InChI is InChI=1S/C18H25ClN2O2/c1-13(22)21-10-4-6-17(21)16-5-3-9-20(16)12-14-11-15(19)7-8-18(14)23-2/h7-8,11,16-17H,3-6,9-10,12H2,1-2H3/t16-,17+/m0/s1. The third-order valence-corrected chi connectivity index (χ3v) is 5.41. The normalized spacial score (nSPS) is 25.1. The zero-order valence-corrected chi connectivity index (χ0v) is 14.7. The van der Waals surface area contributed by atoms with Gasteiger partial charge >= 0.3 is 0 Å². The SMILES string of the molecule is COc1ccc(Cl)cc1CN1CCC[C@H]1[C@H]1CCCN1C(C)=O. The van der Waals surface area contributed by atoms with Crippen LogP contribution < -0.4 is 4.74 Å². The van der Waals surface area contributed by atoms with Gasteiger partial charge in [0.15, 0.2) is 0 Å². The maximum absolute atomic E-state index is 11.9. The molecule has 0 aliphatic carbocycles. The number of rotatable bonds is 4. The highest BCUT2D eigenvalue weighted by Crippen LogP contribution is 2.33. The van der Waals surface area contributed by atoms with Gasteiger partial charge in [-0.2, -0.15) is 0 Å². The van der Waals surface area contributed by atoms with Gasteiger partial charge in [-0.3, -0.25) is 9.69 Å². The van der Waals surface area contributed by atoms with Crippen molar-refractivity contribution in [3.05, 3.63) is 28.8 Å². The Kier molecular flexibility index (Phi) is 5.12. The van der Waals surface area contributed by atoms with Gasteiger partial charge in [0.05, 0.1) is 7.11 Å². The van der Waals surface area contributed by atoms with E-state index < -0.39 is 0 Å². The molecule has 1 amide bonds. The molecule has 3 rings (SSSR count). The van der Waals surface area contributed by atoms with Gasteiger partial charge in [-0.05, 0) is 50.4 Å². The highest BCUT2D eigenvalue weighted by Gasteiger charge is 2.38. The molecule has 1 aromatic rings. The number of amides is 1. The predicted octanol–water partition coefficient (Wildman–Crippen LogP) is 3.32. The summed E-state index contributed by atoms with van der Waals surface area (Å²) in [5.74, 6) is 1.09. The molecule has 126 valence electrons. The summed E-state index contributed by atoms with van der Waals surface area (Å²) in [5, 5.41) is 0.739. The van der Waals surface area contributed by atoms with Gasteiger partial charge in [0, 0.05) is 42.7 Å². The molecule has 2 saturated heterocycles. The summed E-state index contributed by atoms with van der Waals surface area (Å²) in [6.45, 7) is 4.50. The van der Waals surface area contributed by atoms with Gasteiger partial charge in [-0.1, -0.05) is 11.6 Å². The van der Waals surface area contributed by atoms with Crippen LogP contribution in [0, 0.1) is 0 Å². The van der Waals surface area contributed by atoms with Gasteiger partial charge in [-0.25, -0.2) is 0 Å². The number of hydrogen-bond acceptors (Lipinski definition) is 3. The molecule has 2 atom stereocenters. The van der Waals surface area contributed by atoms with Crippen LogP contribution in [0.5, 0.6) is 5.75 Å². The summed E-state index contributed by atoms with van der Waals surface area (Å²) in [6.07, 6.45) is 4.59. The van der Waals surface area contributed by atoms with Gasteiger partial charge in [0.25, 0.3) is 0 Å². The van der Waals surface area contributed by atoms with Crippen molar-refractivity contribution in [1.29, 1.82) is 0 Å². The third-order valence-electron chi connectivity index (χ3n) is 5.18. The molecule has 4 nitrogen and oxygen atoms in total. The van der Waals surface area contributed by atoms with Crippen molar-refractivity contribution in [2.45, 2.75) is 51.2 Å². The van der Waals surface area contributed by atoms with E-state index in [9.17, 15) is 4.79 Å². The van der Waals surface area contributed by atoms with E-state index in [1.165, 1.54) is 6.42 Å². The molecule has 2 fully saturated rings. The summed E-state index contributed by atoms with van der Waals surface area (Å²) in [6, 6.07) is 6.60. The Hall–Kier alpha value is -1.26. The summed E-state index contributed by atoms with van der Waals surface area (Å²) in [7, 11) is 1.70. The molecule has 0 saturated carbocycles. The lowest BCUT2D eigenvalue weighted by molar-refractivity contribution is -0.130. The second kappa shape index (κ2) is 7.10. The first-order chi connectivity index (χ1) is 11.1. The van der Waals surface area contributed by atoms with Crippen LogP contribution in [0.25, 0.3) is 0 Å². The molecule has 2 aliphatic rings. The number of benzene rings is 1. The lowest BCUT2D eigenvalue weighted by atomic mass is 10.0. The van der Waals surface area contributed by atoms with Gasteiger partial charge in [0.2, 0.25) is 5.91 Å². The second-order valence-electron chi connectivity index (χ2n) is 6.56. The van der Waals surface area contributed by atoms with Crippen LogP contribution in [0.15, 0.2) is 18.2 Å². The largest absolute Gasteiger partial charge is 0.496 e. The van der Waals surface area contributed by atoms with Crippen LogP contribution in [0.4, 0.5) is 0 Å². The fourth-order valence-corrected chi connectivity index (χ4v) is 4.35. The molecule has 0 N–H and O–H groups in total. The van der Waals surface area contributed by atoms with E-state index in [1.807, 2.05) is 18.2 Å². The van der Waals surface area contributed by atoms with Crippen LogP contribution in [0.2, 0.25) is 5.02 Å². The molecule has 5 heteroatoms. The van der Waals surface area contributed by atoms with Crippen molar-refractivity contribution in [2.75, 3.05) is 20.2 Å². The predicted molar refractivity (Wildman–Crippen MR) is 91.8 cm³/mol. The van der Waals surface area contributed by atoms with Crippen LogP contribution in [0.1, 0.15) is 38.2 Å². The van der Waals surface area contributed by atoms with Gasteiger partial charge in [-0.15, -0.1) is 0 Å². The number of halogens is 1. The van der Waals surface area contributed by atoms with Crippen LogP contribution >= 0.6 is 11.6 Å². The molecule has 0 bridgehead atoms. The lowest BCUT2D eigenvalue weighted by Gasteiger charge is -2.34. The average Bonchev–Trinajstić information content (AvgIpc) is 3.15. The monoisotopic (exact) mass is 336 g/mol. The Labute approximate surface area is 143 Å². The van der Waals surface area contributed by atoms with E-state index in [4.69, 9.17) is 16.3 Å². The zero-order valence-electron chi connectivity index (χ0n) is 13.9. The third kappa shape index (κ3) is 3.48. The van der Waals surface area contributed by atoms with Crippen molar-refractivity contribution < 1.29 is 9.53 Å². The van der Waals surface area contributed by atoms with E-state index in [2.05, 4.69) is 9.80 Å². The Morgan fingerprint density at radius 1 is 1.26 bits per heavy atom. The Morgan fingerprint density at radius 2 is 2.00 bits per heavy atom. The maximum Gasteiger partial charge on any atom is 0.219 e. The molecular weight excluding hydrogens is 312 g/mol. The molecule has 1 aromatic carbocycles. The van der Waals surface area contributed by atoms with Crippen molar-refractivity contribution in [3.8, 4) is 5.75 Å². The Balaban J connectivity index is 1.77. The topological polar surface area (TPSA) is 32.8 Å². The van der Waals surface area contributed by atoms with Crippen molar-refractivity contribution in [3.63, 3.8) is 0 Å². The molecule has 23 heavy (non-hydrogen) atoms. The number of ether oxygens (including phenoxy) is 1. The minimum atomic E-state index is 0.208. The first-order valence-electron chi connectivity index (χ1n) is 8.44. The number of hydrogen-bond donors (Lipinski definition) is 0.